The number of rotatable bonds is 3. The van der Waals surface area contributed by atoms with Crippen molar-refractivity contribution in [2.24, 2.45) is 0 Å². The van der Waals surface area contributed by atoms with E-state index < -0.39 is 30.3 Å². The van der Waals surface area contributed by atoms with Gasteiger partial charge in [0.2, 0.25) is 0 Å². The molecule has 1 rings (SSSR count). The average Bonchev–Trinajstić information content (AvgIpc) is 2.35. The molecule has 19 heavy (non-hydrogen) atoms. The van der Waals surface area contributed by atoms with Gasteiger partial charge in [-0.15, -0.1) is 13.2 Å². The fourth-order valence-corrected chi connectivity index (χ4v) is 1.42. The normalized spacial score (nSPS) is 10.7. The van der Waals surface area contributed by atoms with Gasteiger partial charge in [0.15, 0.2) is 0 Å². The van der Waals surface area contributed by atoms with Gasteiger partial charge in [0.1, 0.15) is 17.4 Å². The Kier molecular flexibility index (Phi) is 4.34. The van der Waals surface area contributed by atoms with Crippen LogP contribution >= 0.6 is 0 Å². The first-order valence-electron chi connectivity index (χ1n) is 4.85. The summed E-state index contributed by atoms with van der Waals surface area (Å²) in [5.41, 5.74) is -1.05. The summed E-state index contributed by atoms with van der Waals surface area (Å²) in [6.07, 6.45) is -4.98. The highest BCUT2D eigenvalue weighted by Gasteiger charge is 2.33. The summed E-state index contributed by atoms with van der Waals surface area (Å²) < 4.78 is 44.4. The van der Waals surface area contributed by atoms with Gasteiger partial charge in [0, 0.05) is 5.56 Å². The highest BCUT2D eigenvalue weighted by atomic mass is 19.4. The van der Waals surface area contributed by atoms with E-state index >= 15 is 0 Å². The molecule has 0 heterocycles. The van der Waals surface area contributed by atoms with Crippen molar-refractivity contribution in [3.63, 3.8) is 0 Å². The summed E-state index contributed by atoms with van der Waals surface area (Å²) in [6, 6.07) is 3.27. The third-order valence-corrected chi connectivity index (χ3v) is 2.18. The topological polar surface area (TPSA) is 79.5 Å². The molecule has 8 heteroatoms. The second-order valence-corrected chi connectivity index (χ2v) is 3.27. The predicted molar refractivity (Wildman–Crippen MR) is 55.1 cm³/mol. The zero-order valence-corrected chi connectivity index (χ0v) is 9.61. The lowest BCUT2D eigenvalue weighted by molar-refractivity contribution is -0.274. The van der Waals surface area contributed by atoms with E-state index in [4.69, 9.17) is 10.4 Å². The number of aliphatic hydroxyl groups excluding tert-OH is 1. The van der Waals surface area contributed by atoms with Crippen LogP contribution in [-0.4, -0.2) is 24.5 Å². The van der Waals surface area contributed by atoms with E-state index in [0.29, 0.717) is 0 Å². The standard InChI is InChI=1S/C11H8F3NO4/c1-18-10(17)6-2-3-9(19-11(12,13)14)7(4-15)8(6)5-16/h2-3,16H,5H2,1H3. The van der Waals surface area contributed by atoms with Gasteiger partial charge in [-0.1, -0.05) is 0 Å². The number of nitrogens with zero attached hydrogens (tertiary/aromatic N) is 1. The molecule has 1 aromatic rings. The summed E-state index contributed by atoms with van der Waals surface area (Å²) in [5.74, 6) is -1.66. The van der Waals surface area contributed by atoms with Crippen LogP contribution < -0.4 is 4.74 Å². The number of hydrogen-bond acceptors (Lipinski definition) is 5. The number of carbonyl (C=O) groups excluding carboxylic acids is 1. The summed E-state index contributed by atoms with van der Waals surface area (Å²) >= 11 is 0. The number of hydrogen-bond donors (Lipinski definition) is 1. The Morgan fingerprint density at radius 3 is 2.53 bits per heavy atom. The summed E-state index contributed by atoms with van der Waals surface area (Å²) in [6.45, 7) is -0.803. The largest absolute Gasteiger partial charge is 0.573 e. The summed E-state index contributed by atoms with van der Waals surface area (Å²) in [5, 5.41) is 17.9. The molecule has 0 bridgehead atoms. The average molecular weight is 275 g/mol. The number of methoxy groups -OCH3 is 1. The first kappa shape index (κ1) is 14.8. The number of halogens is 3. The van der Waals surface area contributed by atoms with Crippen molar-refractivity contribution < 1.29 is 32.5 Å². The van der Waals surface area contributed by atoms with Gasteiger partial charge in [-0.2, -0.15) is 5.26 Å². The minimum absolute atomic E-state index is 0.198. The molecule has 0 unspecified atom stereocenters. The van der Waals surface area contributed by atoms with Crippen LogP contribution in [-0.2, 0) is 11.3 Å². The fraction of sp³-hybridized carbons (Fsp3) is 0.273. The second kappa shape index (κ2) is 5.58. The smallest absolute Gasteiger partial charge is 0.465 e. The van der Waals surface area contributed by atoms with Crippen LogP contribution in [0.3, 0.4) is 0 Å². The number of esters is 1. The van der Waals surface area contributed by atoms with Crippen molar-refractivity contribution in [3.8, 4) is 11.8 Å². The number of benzene rings is 1. The van der Waals surface area contributed by atoms with Gasteiger partial charge in [0.05, 0.1) is 19.3 Å². The number of aliphatic hydroxyl groups is 1. The Bertz CT molecular complexity index is 534. The highest BCUT2D eigenvalue weighted by Crippen LogP contribution is 2.30. The van der Waals surface area contributed by atoms with Gasteiger partial charge >= 0.3 is 12.3 Å². The van der Waals surface area contributed by atoms with Crippen molar-refractivity contribution in [2.75, 3.05) is 7.11 Å². The van der Waals surface area contributed by atoms with Crippen molar-refractivity contribution in [1.29, 1.82) is 5.26 Å². The van der Waals surface area contributed by atoms with Gasteiger partial charge in [-0.25, -0.2) is 4.79 Å². The van der Waals surface area contributed by atoms with Gasteiger partial charge in [0.25, 0.3) is 0 Å². The molecule has 0 spiro atoms. The van der Waals surface area contributed by atoms with Gasteiger partial charge in [-0.05, 0) is 12.1 Å². The Morgan fingerprint density at radius 1 is 1.47 bits per heavy atom. The van der Waals surface area contributed by atoms with Crippen LogP contribution in [0.15, 0.2) is 12.1 Å². The quantitative estimate of drug-likeness (QED) is 0.850. The molecular weight excluding hydrogens is 267 g/mol. The molecule has 0 aliphatic heterocycles. The third kappa shape index (κ3) is 3.35. The number of ether oxygens (including phenoxy) is 2. The number of nitriles is 1. The van der Waals surface area contributed by atoms with Crippen molar-refractivity contribution in [2.45, 2.75) is 13.0 Å². The fourth-order valence-electron chi connectivity index (χ4n) is 1.42. The first-order chi connectivity index (χ1) is 8.84. The molecule has 0 radical (unpaired) electrons. The summed E-state index contributed by atoms with van der Waals surface area (Å²) in [4.78, 5) is 11.4. The van der Waals surface area contributed by atoms with E-state index in [2.05, 4.69) is 9.47 Å². The molecule has 0 saturated heterocycles. The maximum absolute atomic E-state index is 12.1. The van der Waals surface area contributed by atoms with Crippen molar-refractivity contribution in [3.05, 3.63) is 28.8 Å². The van der Waals surface area contributed by atoms with E-state index in [-0.39, 0.29) is 11.1 Å². The number of alkyl halides is 3. The van der Waals surface area contributed by atoms with E-state index in [1.165, 1.54) is 6.07 Å². The molecule has 0 atom stereocenters. The summed E-state index contributed by atoms with van der Waals surface area (Å²) in [7, 11) is 1.07. The molecule has 0 fully saturated rings. The van der Waals surface area contributed by atoms with Crippen molar-refractivity contribution in [1.82, 2.24) is 0 Å². The molecule has 102 valence electrons. The van der Waals surface area contributed by atoms with E-state index in [1.807, 2.05) is 0 Å². The SMILES string of the molecule is COC(=O)c1ccc(OC(F)(F)F)c(C#N)c1CO. The zero-order valence-electron chi connectivity index (χ0n) is 9.61. The van der Waals surface area contributed by atoms with Crippen LogP contribution in [0, 0.1) is 11.3 Å². The maximum atomic E-state index is 12.1. The maximum Gasteiger partial charge on any atom is 0.573 e. The minimum atomic E-state index is -4.98. The van der Waals surface area contributed by atoms with Crippen LogP contribution in [0.25, 0.3) is 0 Å². The van der Waals surface area contributed by atoms with Gasteiger partial charge < -0.3 is 14.6 Å². The number of carbonyl (C=O) groups is 1. The predicted octanol–water partition coefficient (Wildman–Crippen LogP) is 1.74. The Labute approximate surface area is 105 Å². The highest BCUT2D eigenvalue weighted by molar-refractivity contribution is 5.92. The van der Waals surface area contributed by atoms with Gasteiger partial charge in [-0.3, -0.25) is 0 Å². The minimum Gasteiger partial charge on any atom is -0.465 e. The molecular formula is C11H8F3NO4. The monoisotopic (exact) mass is 275 g/mol. The zero-order chi connectivity index (χ0) is 14.6. The Balaban J connectivity index is 3.40. The molecule has 1 N–H and O–H groups in total. The molecule has 5 nitrogen and oxygen atoms in total. The van der Waals surface area contributed by atoms with Crippen LogP contribution in [0.2, 0.25) is 0 Å². The van der Waals surface area contributed by atoms with Crippen molar-refractivity contribution >= 4 is 5.97 Å². The van der Waals surface area contributed by atoms with Crippen LogP contribution in [0.5, 0.6) is 5.75 Å². The second-order valence-electron chi connectivity index (χ2n) is 3.27. The van der Waals surface area contributed by atoms with E-state index in [9.17, 15) is 18.0 Å². The third-order valence-electron chi connectivity index (χ3n) is 2.18. The lowest BCUT2D eigenvalue weighted by atomic mass is 10.0. The Morgan fingerprint density at radius 2 is 2.11 bits per heavy atom. The lowest BCUT2D eigenvalue weighted by Crippen LogP contribution is -2.19. The molecule has 0 aliphatic carbocycles. The molecule has 0 aromatic heterocycles. The molecule has 0 amide bonds. The molecule has 0 aliphatic rings. The molecule has 1 aromatic carbocycles. The van der Waals surface area contributed by atoms with Crippen LogP contribution in [0.1, 0.15) is 21.5 Å². The Hall–Kier alpha value is -2.27. The van der Waals surface area contributed by atoms with E-state index in [1.54, 1.807) is 0 Å². The van der Waals surface area contributed by atoms with Crippen LogP contribution in [0.4, 0.5) is 13.2 Å². The van der Waals surface area contributed by atoms with E-state index in [0.717, 1.165) is 19.2 Å². The lowest BCUT2D eigenvalue weighted by Gasteiger charge is -2.14. The molecule has 0 saturated carbocycles. The first-order valence-corrected chi connectivity index (χ1v) is 4.85.